The Morgan fingerprint density at radius 3 is 2.14 bits per heavy atom. The summed E-state index contributed by atoms with van der Waals surface area (Å²) in [5.74, 6) is 2.74. The van der Waals surface area contributed by atoms with Crippen molar-refractivity contribution in [2.75, 3.05) is 14.2 Å². The highest BCUT2D eigenvalue weighted by Gasteiger charge is 2.10. The third-order valence-corrected chi connectivity index (χ3v) is 3.14. The van der Waals surface area contributed by atoms with Crippen LogP contribution in [0.15, 0.2) is 48.5 Å². The third kappa shape index (κ3) is 2.72. The summed E-state index contributed by atoms with van der Waals surface area (Å²) in [5, 5.41) is 7.22. The Labute approximate surface area is 122 Å². The first-order chi connectivity index (χ1) is 10.3. The number of hydrogen-bond donors (Lipinski definition) is 1. The van der Waals surface area contributed by atoms with Gasteiger partial charge in [0.2, 0.25) is 0 Å². The first-order valence-corrected chi connectivity index (χ1v) is 6.51. The Bertz CT molecular complexity index is 716. The molecule has 0 spiro atoms. The molecule has 21 heavy (non-hydrogen) atoms. The molecular formula is C16H15N3O2. The minimum absolute atomic E-state index is 0.603. The Hall–Kier alpha value is -2.82. The van der Waals surface area contributed by atoms with Crippen molar-refractivity contribution in [3.8, 4) is 34.3 Å². The molecule has 0 saturated heterocycles. The summed E-state index contributed by atoms with van der Waals surface area (Å²) in [4.78, 5) is 4.52. The quantitative estimate of drug-likeness (QED) is 0.798. The molecule has 0 fully saturated rings. The molecule has 1 N–H and O–H groups in total. The zero-order valence-corrected chi connectivity index (χ0v) is 11.8. The normalized spacial score (nSPS) is 10.4. The summed E-state index contributed by atoms with van der Waals surface area (Å²) in [6.07, 6.45) is 0. The van der Waals surface area contributed by atoms with Crippen LogP contribution in [0.5, 0.6) is 11.5 Å². The standard InChI is InChI=1S/C16H15N3O2/c1-20-13-8-12(9-14(10-13)21-2)16-17-15(18-19-16)11-6-4-3-5-7-11/h3-10H,1-2H3,(H,17,18,19). The van der Waals surface area contributed by atoms with Gasteiger partial charge in [-0.25, -0.2) is 4.98 Å². The molecule has 3 rings (SSSR count). The maximum absolute atomic E-state index is 5.26. The van der Waals surface area contributed by atoms with Crippen LogP contribution in [0.25, 0.3) is 22.8 Å². The van der Waals surface area contributed by atoms with Crippen LogP contribution in [0.2, 0.25) is 0 Å². The number of benzene rings is 2. The van der Waals surface area contributed by atoms with Crippen LogP contribution in [0.3, 0.4) is 0 Å². The Morgan fingerprint density at radius 1 is 0.857 bits per heavy atom. The van der Waals surface area contributed by atoms with E-state index in [9.17, 15) is 0 Å². The lowest BCUT2D eigenvalue weighted by molar-refractivity contribution is 0.394. The maximum Gasteiger partial charge on any atom is 0.181 e. The van der Waals surface area contributed by atoms with Crippen LogP contribution >= 0.6 is 0 Å². The first-order valence-electron chi connectivity index (χ1n) is 6.51. The molecule has 0 aliphatic heterocycles. The number of ether oxygens (including phenoxy) is 2. The zero-order chi connectivity index (χ0) is 14.7. The highest BCUT2D eigenvalue weighted by Crippen LogP contribution is 2.28. The fraction of sp³-hybridized carbons (Fsp3) is 0.125. The SMILES string of the molecule is COc1cc(OC)cc(-c2n[nH]c(-c3ccccc3)n2)c1. The topological polar surface area (TPSA) is 60.0 Å². The lowest BCUT2D eigenvalue weighted by atomic mass is 10.2. The lowest BCUT2D eigenvalue weighted by Gasteiger charge is -2.06. The van der Waals surface area contributed by atoms with Gasteiger partial charge in [0.25, 0.3) is 0 Å². The van der Waals surface area contributed by atoms with E-state index in [2.05, 4.69) is 15.2 Å². The Balaban J connectivity index is 2.00. The van der Waals surface area contributed by atoms with Gasteiger partial charge in [-0.3, -0.25) is 5.10 Å². The van der Waals surface area contributed by atoms with Gasteiger partial charge in [0.1, 0.15) is 11.5 Å². The molecule has 1 aromatic heterocycles. The fourth-order valence-electron chi connectivity index (χ4n) is 2.05. The molecule has 0 unspecified atom stereocenters. The number of rotatable bonds is 4. The highest BCUT2D eigenvalue weighted by molar-refractivity contribution is 5.64. The molecule has 0 bridgehead atoms. The van der Waals surface area contributed by atoms with Crippen molar-refractivity contribution in [1.82, 2.24) is 15.2 Å². The van der Waals surface area contributed by atoms with Crippen molar-refractivity contribution in [3.05, 3.63) is 48.5 Å². The third-order valence-electron chi connectivity index (χ3n) is 3.14. The molecule has 1 heterocycles. The van der Waals surface area contributed by atoms with E-state index in [0.29, 0.717) is 17.3 Å². The molecule has 0 atom stereocenters. The van der Waals surface area contributed by atoms with Gasteiger partial charge >= 0.3 is 0 Å². The van der Waals surface area contributed by atoms with Crippen LogP contribution in [-0.4, -0.2) is 29.4 Å². The first kappa shape index (κ1) is 13.2. The fourth-order valence-corrected chi connectivity index (χ4v) is 2.05. The smallest absolute Gasteiger partial charge is 0.181 e. The van der Waals surface area contributed by atoms with Crippen molar-refractivity contribution in [2.45, 2.75) is 0 Å². The summed E-state index contributed by atoms with van der Waals surface area (Å²) >= 11 is 0. The predicted octanol–water partition coefficient (Wildman–Crippen LogP) is 3.16. The van der Waals surface area contributed by atoms with E-state index in [1.54, 1.807) is 14.2 Å². The number of methoxy groups -OCH3 is 2. The number of hydrogen-bond acceptors (Lipinski definition) is 4. The molecule has 3 aromatic rings. The summed E-state index contributed by atoms with van der Waals surface area (Å²) in [5.41, 5.74) is 1.83. The second-order valence-electron chi connectivity index (χ2n) is 4.47. The molecule has 5 heteroatoms. The van der Waals surface area contributed by atoms with Gasteiger partial charge in [-0.1, -0.05) is 30.3 Å². The monoisotopic (exact) mass is 281 g/mol. The number of nitrogens with one attached hydrogen (secondary N) is 1. The molecule has 0 saturated carbocycles. The molecule has 0 aliphatic rings. The van der Waals surface area contributed by atoms with E-state index >= 15 is 0 Å². The van der Waals surface area contributed by atoms with Gasteiger partial charge in [0.15, 0.2) is 11.6 Å². The molecule has 2 aromatic carbocycles. The summed E-state index contributed by atoms with van der Waals surface area (Å²) in [6, 6.07) is 15.4. The number of aromatic nitrogens is 3. The van der Waals surface area contributed by atoms with Gasteiger partial charge in [0.05, 0.1) is 14.2 Å². The minimum atomic E-state index is 0.603. The second-order valence-corrected chi connectivity index (χ2v) is 4.47. The van der Waals surface area contributed by atoms with E-state index in [4.69, 9.17) is 9.47 Å². The summed E-state index contributed by atoms with van der Waals surface area (Å²) < 4.78 is 10.5. The number of H-pyrrole nitrogens is 1. The largest absolute Gasteiger partial charge is 0.497 e. The van der Waals surface area contributed by atoms with Crippen molar-refractivity contribution >= 4 is 0 Å². The van der Waals surface area contributed by atoms with Crippen LogP contribution in [-0.2, 0) is 0 Å². The number of aromatic amines is 1. The predicted molar refractivity (Wildman–Crippen MR) is 80.4 cm³/mol. The highest BCUT2D eigenvalue weighted by atomic mass is 16.5. The minimum Gasteiger partial charge on any atom is -0.497 e. The van der Waals surface area contributed by atoms with Crippen LogP contribution in [0, 0.1) is 0 Å². The average Bonchev–Trinajstić information content (AvgIpc) is 3.05. The van der Waals surface area contributed by atoms with Gasteiger partial charge in [-0.05, 0) is 12.1 Å². The average molecular weight is 281 g/mol. The van der Waals surface area contributed by atoms with Crippen LogP contribution in [0.4, 0.5) is 0 Å². The molecular weight excluding hydrogens is 266 g/mol. The summed E-state index contributed by atoms with van der Waals surface area (Å²) in [7, 11) is 3.23. The Morgan fingerprint density at radius 2 is 1.52 bits per heavy atom. The van der Waals surface area contributed by atoms with Crippen molar-refractivity contribution in [2.24, 2.45) is 0 Å². The van der Waals surface area contributed by atoms with Crippen molar-refractivity contribution in [3.63, 3.8) is 0 Å². The molecule has 5 nitrogen and oxygen atoms in total. The van der Waals surface area contributed by atoms with E-state index in [1.807, 2.05) is 48.5 Å². The van der Waals surface area contributed by atoms with Gasteiger partial charge < -0.3 is 9.47 Å². The van der Waals surface area contributed by atoms with E-state index in [-0.39, 0.29) is 0 Å². The van der Waals surface area contributed by atoms with E-state index in [1.165, 1.54) is 0 Å². The van der Waals surface area contributed by atoms with Gasteiger partial charge in [-0.2, -0.15) is 5.10 Å². The van der Waals surface area contributed by atoms with E-state index in [0.717, 1.165) is 17.0 Å². The second kappa shape index (κ2) is 5.66. The molecule has 0 amide bonds. The zero-order valence-electron chi connectivity index (χ0n) is 11.8. The van der Waals surface area contributed by atoms with Gasteiger partial charge in [0, 0.05) is 17.2 Å². The summed E-state index contributed by atoms with van der Waals surface area (Å²) in [6.45, 7) is 0. The van der Waals surface area contributed by atoms with Crippen molar-refractivity contribution in [1.29, 1.82) is 0 Å². The van der Waals surface area contributed by atoms with Gasteiger partial charge in [-0.15, -0.1) is 0 Å². The lowest BCUT2D eigenvalue weighted by Crippen LogP contribution is -1.89. The Kier molecular flexibility index (Phi) is 3.55. The van der Waals surface area contributed by atoms with E-state index < -0.39 is 0 Å². The van der Waals surface area contributed by atoms with Crippen LogP contribution < -0.4 is 9.47 Å². The molecule has 0 aliphatic carbocycles. The van der Waals surface area contributed by atoms with Crippen molar-refractivity contribution < 1.29 is 9.47 Å². The van der Waals surface area contributed by atoms with Crippen LogP contribution in [0.1, 0.15) is 0 Å². The molecule has 0 radical (unpaired) electrons. The number of nitrogens with zero attached hydrogens (tertiary/aromatic N) is 2. The molecule has 106 valence electrons. The maximum atomic E-state index is 5.26.